The molecule has 14 heavy (non-hydrogen) atoms. The van der Waals surface area contributed by atoms with Gasteiger partial charge in [-0.05, 0) is 32.2 Å². The molecule has 0 aromatic heterocycles. The summed E-state index contributed by atoms with van der Waals surface area (Å²) in [7, 11) is 0. The van der Waals surface area contributed by atoms with Crippen LogP contribution in [-0.4, -0.2) is 25.3 Å². The Bertz CT molecular complexity index is 145. The number of hydrogen-bond acceptors (Lipinski definition) is 2. The number of hydrogen-bond donors (Lipinski definition) is 1. The third kappa shape index (κ3) is 3.58. The normalized spacial score (nSPS) is 28.3. The third-order valence-corrected chi connectivity index (χ3v) is 3.39. The van der Waals surface area contributed by atoms with E-state index in [2.05, 4.69) is 26.1 Å². The molecule has 1 heterocycles. The molecule has 0 aromatic carbocycles. The summed E-state index contributed by atoms with van der Waals surface area (Å²) < 4.78 is 5.98. The van der Waals surface area contributed by atoms with Crippen molar-refractivity contribution < 1.29 is 4.74 Å². The van der Waals surface area contributed by atoms with E-state index in [9.17, 15) is 0 Å². The van der Waals surface area contributed by atoms with Gasteiger partial charge in [-0.25, -0.2) is 0 Å². The average molecular weight is 199 g/mol. The number of piperidine rings is 1. The van der Waals surface area contributed by atoms with E-state index >= 15 is 0 Å². The van der Waals surface area contributed by atoms with Crippen molar-refractivity contribution >= 4 is 0 Å². The van der Waals surface area contributed by atoms with Gasteiger partial charge in [0, 0.05) is 12.6 Å². The van der Waals surface area contributed by atoms with E-state index in [1.165, 1.54) is 25.7 Å². The molecule has 0 aromatic rings. The lowest BCUT2D eigenvalue weighted by atomic mass is 10.0. The Kier molecular flexibility index (Phi) is 5.49. The lowest BCUT2D eigenvalue weighted by molar-refractivity contribution is -0.00712. The molecule has 2 nitrogen and oxygen atoms in total. The minimum atomic E-state index is 0.448. The van der Waals surface area contributed by atoms with Crippen LogP contribution in [-0.2, 0) is 4.74 Å². The lowest BCUT2D eigenvalue weighted by Gasteiger charge is -2.31. The summed E-state index contributed by atoms with van der Waals surface area (Å²) in [4.78, 5) is 0. The number of ether oxygens (including phenoxy) is 1. The van der Waals surface area contributed by atoms with E-state index in [4.69, 9.17) is 4.74 Å². The SMILES string of the molecule is CCC(CC)COC1CCCNC1C. The summed E-state index contributed by atoms with van der Waals surface area (Å²) in [6.45, 7) is 8.84. The van der Waals surface area contributed by atoms with Gasteiger partial charge in [0.2, 0.25) is 0 Å². The maximum Gasteiger partial charge on any atom is 0.0725 e. The highest BCUT2D eigenvalue weighted by molar-refractivity contribution is 4.78. The summed E-state index contributed by atoms with van der Waals surface area (Å²) >= 11 is 0. The maximum atomic E-state index is 5.98. The zero-order chi connectivity index (χ0) is 10.4. The van der Waals surface area contributed by atoms with Crippen molar-refractivity contribution in [1.82, 2.24) is 5.32 Å². The van der Waals surface area contributed by atoms with Gasteiger partial charge < -0.3 is 10.1 Å². The van der Waals surface area contributed by atoms with Crippen molar-refractivity contribution in [3.05, 3.63) is 0 Å². The first-order valence-electron chi connectivity index (χ1n) is 6.12. The largest absolute Gasteiger partial charge is 0.376 e. The van der Waals surface area contributed by atoms with E-state index in [1.807, 2.05) is 0 Å². The van der Waals surface area contributed by atoms with Gasteiger partial charge in [-0.15, -0.1) is 0 Å². The van der Waals surface area contributed by atoms with Gasteiger partial charge in [0.15, 0.2) is 0 Å². The van der Waals surface area contributed by atoms with Gasteiger partial charge >= 0.3 is 0 Å². The van der Waals surface area contributed by atoms with Crippen LogP contribution in [0.5, 0.6) is 0 Å². The fourth-order valence-electron chi connectivity index (χ4n) is 2.03. The fraction of sp³-hybridized carbons (Fsp3) is 1.00. The van der Waals surface area contributed by atoms with Crippen molar-refractivity contribution in [2.75, 3.05) is 13.2 Å². The molecule has 2 unspecified atom stereocenters. The Morgan fingerprint density at radius 3 is 2.64 bits per heavy atom. The molecule has 0 radical (unpaired) electrons. The van der Waals surface area contributed by atoms with Crippen LogP contribution < -0.4 is 5.32 Å². The Morgan fingerprint density at radius 1 is 1.36 bits per heavy atom. The molecule has 1 aliphatic rings. The van der Waals surface area contributed by atoms with E-state index in [1.54, 1.807) is 0 Å². The molecule has 2 atom stereocenters. The molecular formula is C12H25NO. The molecule has 84 valence electrons. The predicted molar refractivity (Wildman–Crippen MR) is 60.5 cm³/mol. The van der Waals surface area contributed by atoms with Crippen molar-refractivity contribution in [1.29, 1.82) is 0 Å². The molecule has 0 saturated carbocycles. The van der Waals surface area contributed by atoms with E-state index in [0.717, 1.165) is 19.1 Å². The van der Waals surface area contributed by atoms with Crippen LogP contribution in [0.3, 0.4) is 0 Å². The minimum Gasteiger partial charge on any atom is -0.376 e. The predicted octanol–water partition coefficient (Wildman–Crippen LogP) is 2.58. The number of rotatable bonds is 5. The second-order valence-corrected chi connectivity index (χ2v) is 4.44. The van der Waals surface area contributed by atoms with Crippen molar-refractivity contribution in [3.8, 4) is 0 Å². The van der Waals surface area contributed by atoms with Crippen molar-refractivity contribution in [3.63, 3.8) is 0 Å². The van der Waals surface area contributed by atoms with E-state index in [0.29, 0.717) is 12.1 Å². The summed E-state index contributed by atoms with van der Waals surface area (Å²) in [6, 6.07) is 0.540. The summed E-state index contributed by atoms with van der Waals surface area (Å²) in [5.74, 6) is 0.754. The molecule has 1 N–H and O–H groups in total. The van der Waals surface area contributed by atoms with Crippen molar-refractivity contribution in [2.24, 2.45) is 5.92 Å². The molecule has 1 aliphatic heterocycles. The summed E-state index contributed by atoms with van der Waals surface area (Å²) in [5, 5.41) is 3.47. The Hall–Kier alpha value is -0.0800. The maximum absolute atomic E-state index is 5.98. The molecule has 0 spiro atoms. The number of nitrogens with one attached hydrogen (secondary N) is 1. The van der Waals surface area contributed by atoms with Gasteiger partial charge in [0.1, 0.15) is 0 Å². The van der Waals surface area contributed by atoms with Crippen LogP contribution in [0.1, 0.15) is 46.5 Å². The molecule has 0 amide bonds. The first-order chi connectivity index (χ1) is 6.77. The minimum absolute atomic E-state index is 0.448. The Morgan fingerprint density at radius 2 is 2.07 bits per heavy atom. The first-order valence-corrected chi connectivity index (χ1v) is 6.12. The Balaban J connectivity index is 2.21. The molecule has 2 heteroatoms. The first kappa shape index (κ1) is 12.0. The van der Waals surface area contributed by atoms with Crippen LogP contribution >= 0.6 is 0 Å². The summed E-state index contributed by atoms with van der Waals surface area (Å²) in [6.07, 6.45) is 5.42. The average Bonchev–Trinajstić information content (AvgIpc) is 2.22. The summed E-state index contributed by atoms with van der Waals surface area (Å²) in [5.41, 5.74) is 0. The van der Waals surface area contributed by atoms with Crippen LogP contribution in [0.25, 0.3) is 0 Å². The smallest absolute Gasteiger partial charge is 0.0725 e. The zero-order valence-corrected chi connectivity index (χ0v) is 9.88. The molecule has 1 saturated heterocycles. The van der Waals surface area contributed by atoms with E-state index < -0.39 is 0 Å². The highest BCUT2D eigenvalue weighted by Crippen LogP contribution is 2.15. The molecule has 1 fully saturated rings. The Labute approximate surface area is 88.4 Å². The van der Waals surface area contributed by atoms with E-state index in [-0.39, 0.29) is 0 Å². The van der Waals surface area contributed by atoms with Crippen molar-refractivity contribution in [2.45, 2.75) is 58.6 Å². The third-order valence-electron chi connectivity index (χ3n) is 3.39. The molecule has 0 bridgehead atoms. The van der Waals surface area contributed by atoms with Gasteiger partial charge in [-0.2, -0.15) is 0 Å². The zero-order valence-electron chi connectivity index (χ0n) is 9.88. The van der Waals surface area contributed by atoms with Crippen LogP contribution in [0.4, 0.5) is 0 Å². The topological polar surface area (TPSA) is 21.3 Å². The molecular weight excluding hydrogens is 174 g/mol. The van der Waals surface area contributed by atoms with Crippen LogP contribution in [0.15, 0.2) is 0 Å². The lowest BCUT2D eigenvalue weighted by Crippen LogP contribution is -2.44. The van der Waals surface area contributed by atoms with Gasteiger partial charge in [0.25, 0.3) is 0 Å². The second-order valence-electron chi connectivity index (χ2n) is 4.44. The quantitative estimate of drug-likeness (QED) is 0.735. The highest BCUT2D eigenvalue weighted by atomic mass is 16.5. The molecule has 0 aliphatic carbocycles. The van der Waals surface area contributed by atoms with Gasteiger partial charge in [0.05, 0.1) is 6.10 Å². The fourth-order valence-corrected chi connectivity index (χ4v) is 2.03. The monoisotopic (exact) mass is 199 g/mol. The van der Waals surface area contributed by atoms with Crippen LogP contribution in [0.2, 0.25) is 0 Å². The standard InChI is InChI=1S/C12H25NO/c1-4-11(5-2)9-14-12-7-6-8-13-10(12)3/h10-13H,4-9H2,1-3H3. The van der Waals surface area contributed by atoms with Gasteiger partial charge in [-0.1, -0.05) is 26.7 Å². The second kappa shape index (κ2) is 6.41. The van der Waals surface area contributed by atoms with Crippen LogP contribution in [0, 0.1) is 5.92 Å². The van der Waals surface area contributed by atoms with Gasteiger partial charge in [-0.3, -0.25) is 0 Å². The molecule has 1 rings (SSSR count). The highest BCUT2D eigenvalue weighted by Gasteiger charge is 2.21.